The van der Waals surface area contributed by atoms with Crippen molar-refractivity contribution in [3.8, 4) is 6.07 Å². The smallest absolute Gasteiger partial charge is 0.386 e. The minimum absolute atomic E-state index is 0.292. The number of hydrogen-bond acceptors (Lipinski definition) is 10. The fourth-order valence-corrected chi connectivity index (χ4v) is 4.67. The van der Waals surface area contributed by atoms with Crippen LogP contribution in [0.15, 0.2) is 34.5 Å². The summed E-state index contributed by atoms with van der Waals surface area (Å²) in [4.78, 5) is 38.0. The molecule has 16 heteroatoms. The van der Waals surface area contributed by atoms with Crippen molar-refractivity contribution in [1.82, 2.24) is 19.7 Å². The summed E-state index contributed by atoms with van der Waals surface area (Å²) >= 11 is 0. The zero-order valence-corrected chi connectivity index (χ0v) is 25.0. The van der Waals surface area contributed by atoms with Gasteiger partial charge in [-0.25, -0.2) is 9.67 Å². The number of piperazine rings is 1. The first kappa shape index (κ1) is 32.5. The largest absolute Gasteiger partial charge is 0.423 e. The number of pyridine rings is 1. The van der Waals surface area contributed by atoms with Crippen LogP contribution in [0.1, 0.15) is 18.1 Å². The Morgan fingerprint density at radius 2 is 1.95 bits per heavy atom. The summed E-state index contributed by atoms with van der Waals surface area (Å²) in [6, 6.07) is 5.47. The van der Waals surface area contributed by atoms with E-state index in [1.807, 2.05) is 11.0 Å². The molecule has 1 fully saturated rings. The molecule has 1 amide bonds. The molecular formula is C26H35F3N8O4Si. The van der Waals surface area contributed by atoms with Crippen molar-refractivity contribution in [2.45, 2.75) is 51.6 Å². The van der Waals surface area contributed by atoms with Crippen LogP contribution in [0.5, 0.6) is 0 Å². The molecule has 0 radical (unpaired) electrons. The van der Waals surface area contributed by atoms with Crippen LogP contribution in [0.4, 0.5) is 24.7 Å². The highest BCUT2D eigenvalue weighted by Gasteiger charge is 2.38. The van der Waals surface area contributed by atoms with Gasteiger partial charge in [-0.1, -0.05) is 24.8 Å². The number of nitriles is 1. The van der Waals surface area contributed by atoms with Crippen LogP contribution in [0.3, 0.4) is 0 Å². The zero-order valence-electron chi connectivity index (χ0n) is 24.0. The number of anilines is 2. The van der Waals surface area contributed by atoms with Gasteiger partial charge in [-0.2, -0.15) is 23.5 Å². The summed E-state index contributed by atoms with van der Waals surface area (Å²) in [7, 11) is -1.40. The summed E-state index contributed by atoms with van der Waals surface area (Å²) < 4.78 is 47.4. The number of carbonyl (C=O) groups excluding carboxylic acids is 1. The van der Waals surface area contributed by atoms with Gasteiger partial charge in [0.2, 0.25) is 0 Å². The van der Waals surface area contributed by atoms with Crippen molar-refractivity contribution >= 4 is 31.7 Å². The lowest BCUT2D eigenvalue weighted by Gasteiger charge is -2.35. The number of carbonyl (C=O) groups is 1. The standard InChI is InChI=1S/C26H35F3N8O4Si/c1-19(34-21-16-32-37(18-40-11-12-42(2,3)4)25(39)24(21)26(27,28)29)14-33-41-17-23(38)36-9-7-35(8-10-36)22-6-5-20(13-30)15-31-22/h5-6,14-16,19,34H,7-12,17-18H2,1-4H3/b33-14+. The minimum Gasteiger partial charge on any atom is -0.386 e. The van der Waals surface area contributed by atoms with E-state index in [1.165, 1.54) is 19.3 Å². The highest BCUT2D eigenvalue weighted by molar-refractivity contribution is 6.76. The molecule has 1 unspecified atom stereocenters. The van der Waals surface area contributed by atoms with E-state index in [1.54, 1.807) is 17.0 Å². The van der Waals surface area contributed by atoms with Gasteiger partial charge in [-0.15, -0.1) is 0 Å². The molecule has 1 aliphatic heterocycles. The topological polar surface area (TPSA) is 138 Å². The third kappa shape index (κ3) is 9.55. The molecule has 0 aromatic carbocycles. The van der Waals surface area contributed by atoms with Crippen molar-refractivity contribution < 1.29 is 27.5 Å². The first-order valence-electron chi connectivity index (χ1n) is 13.3. The number of halogens is 3. The molecule has 0 bridgehead atoms. The van der Waals surface area contributed by atoms with Crippen LogP contribution < -0.4 is 15.8 Å². The molecule has 228 valence electrons. The number of alkyl halides is 3. The Kier molecular flexibility index (Phi) is 11.1. The highest BCUT2D eigenvalue weighted by Crippen LogP contribution is 2.31. The Morgan fingerprint density at radius 3 is 2.55 bits per heavy atom. The van der Waals surface area contributed by atoms with Crippen LogP contribution in [0.2, 0.25) is 25.7 Å². The Bertz CT molecular complexity index is 1330. The number of rotatable bonds is 12. The van der Waals surface area contributed by atoms with E-state index in [0.717, 1.165) is 18.1 Å². The molecule has 2 aromatic rings. The Balaban J connectivity index is 1.49. The number of hydrogen-bond donors (Lipinski definition) is 1. The summed E-state index contributed by atoms with van der Waals surface area (Å²) in [5, 5.41) is 19.0. The Hall–Kier alpha value is -3.97. The van der Waals surface area contributed by atoms with Crippen LogP contribution in [-0.2, 0) is 27.3 Å². The van der Waals surface area contributed by atoms with Gasteiger partial charge in [0.05, 0.1) is 29.7 Å². The second-order valence-electron chi connectivity index (χ2n) is 10.9. The molecule has 3 rings (SSSR count). The summed E-state index contributed by atoms with van der Waals surface area (Å²) in [6.45, 7) is 9.49. The van der Waals surface area contributed by atoms with E-state index < -0.39 is 37.1 Å². The van der Waals surface area contributed by atoms with E-state index in [2.05, 4.69) is 40.2 Å². The molecular weight excluding hydrogens is 573 g/mol. The molecule has 0 aliphatic carbocycles. The predicted octanol–water partition coefficient (Wildman–Crippen LogP) is 2.99. The summed E-state index contributed by atoms with van der Waals surface area (Å²) in [6.07, 6.45) is -1.32. The van der Waals surface area contributed by atoms with E-state index in [9.17, 15) is 22.8 Å². The number of nitrogens with zero attached hydrogens (tertiary/aromatic N) is 7. The van der Waals surface area contributed by atoms with Crippen LogP contribution in [0.25, 0.3) is 0 Å². The van der Waals surface area contributed by atoms with Gasteiger partial charge < -0.3 is 24.7 Å². The third-order valence-corrected chi connectivity index (χ3v) is 8.00. The van der Waals surface area contributed by atoms with Gasteiger partial charge in [0, 0.05) is 47.1 Å². The fraction of sp³-hybridized carbons (Fsp3) is 0.538. The van der Waals surface area contributed by atoms with Gasteiger partial charge in [0.15, 0.2) is 6.61 Å². The zero-order chi connectivity index (χ0) is 30.9. The number of ether oxygens (including phenoxy) is 1. The number of aromatic nitrogens is 3. The van der Waals surface area contributed by atoms with Crippen molar-refractivity contribution in [1.29, 1.82) is 5.26 Å². The van der Waals surface area contributed by atoms with Crippen LogP contribution in [-0.4, -0.2) is 85.3 Å². The quantitative estimate of drug-likeness (QED) is 0.167. The number of amides is 1. The Labute approximate surface area is 242 Å². The average molecular weight is 609 g/mol. The molecule has 1 saturated heterocycles. The molecule has 42 heavy (non-hydrogen) atoms. The molecule has 12 nitrogen and oxygen atoms in total. The lowest BCUT2D eigenvalue weighted by atomic mass is 10.2. The first-order chi connectivity index (χ1) is 19.8. The van der Waals surface area contributed by atoms with E-state index in [-0.39, 0.29) is 19.2 Å². The van der Waals surface area contributed by atoms with E-state index >= 15 is 0 Å². The van der Waals surface area contributed by atoms with Gasteiger partial charge in [-0.05, 0) is 25.1 Å². The fourth-order valence-electron chi connectivity index (χ4n) is 3.92. The summed E-state index contributed by atoms with van der Waals surface area (Å²) in [5.74, 6) is 0.426. The van der Waals surface area contributed by atoms with Gasteiger partial charge >= 0.3 is 6.18 Å². The first-order valence-corrected chi connectivity index (χ1v) is 17.0. The van der Waals surface area contributed by atoms with E-state index in [0.29, 0.717) is 43.0 Å². The molecule has 1 atom stereocenters. The highest BCUT2D eigenvalue weighted by atomic mass is 28.3. The minimum atomic E-state index is -4.93. The molecule has 1 aliphatic rings. The normalized spacial score (nSPS) is 15.0. The molecule has 0 spiro atoms. The maximum Gasteiger partial charge on any atom is 0.423 e. The predicted molar refractivity (Wildman–Crippen MR) is 153 cm³/mol. The van der Waals surface area contributed by atoms with Gasteiger partial charge in [-0.3, -0.25) is 9.59 Å². The maximum absolute atomic E-state index is 13.8. The SMILES string of the molecule is CC(/C=N/OCC(=O)N1CCN(c2ccc(C#N)cn2)CC1)Nc1cnn(COCC[Si](C)(C)C)c(=O)c1C(F)(F)F. The monoisotopic (exact) mass is 608 g/mol. The molecule has 0 saturated carbocycles. The lowest BCUT2D eigenvalue weighted by molar-refractivity contribution is -0.139. The lowest BCUT2D eigenvalue weighted by Crippen LogP contribution is -2.49. The Morgan fingerprint density at radius 1 is 1.24 bits per heavy atom. The van der Waals surface area contributed by atoms with Crippen LogP contribution >= 0.6 is 0 Å². The van der Waals surface area contributed by atoms with Crippen molar-refractivity contribution in [3.05, 3.63) is 46.0 Å². The maximum atomic E-state index is 13.8. The second kappa shape index (κ2) is 14.3. The second-order valence-corrected chi connectivity index (χ2v) is 16.6. The average Bonchev–Trinajstić information content (AvgIpc) is 2.93. The van der Waals surface area contributed by atoms with Crippen molar-refractivity contribution in [2.24, 2.45) is 5.16 Å². The van der Waals surface area contributed by atoms with Gasteiger partial charge in [0.25, 0.3) is 11.5 Å². The van der Waals surface area contributed by atoms with Crippen molar-refractivity contribution in [3.63, 3.8) is 0 Å². The van der Waals surface area contributed by atoms with E-state index in [4.69, 9.17) is 14.8 Å². The van der Waals surface area contributed by atoms with Gasteiger partial charge in [0.1, 0.15) is 24.2 Å². The summed E-state index contributed by atoms with van der Waals surface area (Å²) in [5.41, 5.74) is -2.75. The number of oxime groups is 1. The third-order valence-electron chi connectivity index (χ3n) is 6.30. The molecule has 2 aromatic heterocycles. The molecule has 1 N–H and O–H groups in total. The number of nitrogens with one attached hydrogen (secondary N) is 1. The van der Waals surface area contributed by atoms with Crippen molar-refractivity contribution in [2.75, 3.05) is 49.6 Å². The van der Waals surface area contributed by atoms with Crippen LogP contribution in [0, 0.1) is 11.3 Å². The molecule has 3 heterocycles.